The normalized spacial score (nSPS) is 11.0. The first-order valence-electron chi connectivity index (χ1n) is 6.79. The highest BCUT2D eigenvalue weighted by atomic mass is 31.2. The molecule has 0 bridgehead atoms. The summed E-state index contributed by atoms with van der Waals surface area (Å²) >= 11 is 0. The van der Waals surface area contributed by atoms with Crippen molar-refractivity contribution in [2.45, 2.75) is 13.8 Å². The van der Waals surface area contributed by atoms with Crippen molar-refractivity contribution in [3.05, 3.63) is 0 Å². The molecule has 0 aliphatic carbocycles. The van der Waals surface area contributed by atoms with E-state index >= 15 is 0 Å². The maximum atomic E-state index is 8.43. The number of aliphatic hydroxyl groups is 4. The summed E-state index contributed by atoms with van der Waals surface area (Å²) in [7, 11) is -5.22. The van der Waals surface area contributed by atoms with Crippen LogP contribution in [0.3, 0.4) is 0 Å². The Morgan fingerprint density at radius 2 is 1.00 bits per heavy atom. The van der Waals surface area contributed by atoms with Crippen LogP contribution >= 0.6 is 17.2 Å². The quantitative estimate of drug-likeness (QED) is 0.148. The Labute approximate surface area is 144 Å². The van der Waals surface area contributed by atoms with Crippen molar-refractivity contribution in [2.24, 2.45) is 5.41 Å². The maximum Gasteiger partial charge on any atom is 0.334 e. The van der Waals surface area contributed by atoms with Gasteiger partial charge >= 0.3 is 17.2 Å². The summed E-state index contributed by atoms with van der Waals surface area (Å²) in [6.45, 7) is 5.42. The van der Waals surface area contributed by atoms with Crippen molar-refractivity contribution in [3.8, 4) is 0 Å². The van der Waals surface area contributed by atoms with Crippen LogP contribution < -0.4 is 0 Å². The summed E-state index contributed by atoms with van der Waals surface area (Å²) in [6.07, 6.45) is 0. The summed E-state index contributed by atoms with van der Waals surface area (Å²) in [5.41, 5.74) is -0.306. The lowest BCUT2D eigenvalue weighted by Crippen LogP contribution is -2.20. The van der Waals surface area contributed by atoms with E-state index in [1.165, 1.54) is 0 Å². The molecule has 0 radical (unpaired) electrons. The van der Waals surface area contributed by atoms with E-state index in [4.69, 9.17) is 49.5 Å². The topological polar surface area (TPSA) is 190 Å². The predicted octanol–water partition coefficient (Wildman–Crippen LogP) is -1.57. The van der Waals surface area contributed by atoms with Crippen LogP contribution in [0.5, 0.6) is 0 Å². The van der Waals surface area contributed by atoms with Gasteiger partial charge in [-0.2, -0.15) is 0 Å². The van der Waals surface area contributed by atoms with Gasteiger partial charge < -0.3 is 49.5 Å². The molecule has 11 nitrogen and oxygen atoms in total. The van der Waals surface area contributed by atoms with Gasteiger partial charge in [0.1, 0.15) is 0 Å². The number of hydrogen-bond acceptors (Lipinski definition) is 11. The molecule has 24 heavy (non-hydrogen) atoms. The van der Waals surface area contributed by atoms with E-state index in [9.17, 15) is 0 Å². The van der Waals surface area contributed by atoms with Crippen LogP contribution in [0, 0.1) is 5.41 Å². The second-order valence-corrected chi connectivity index (χ2v) is 6.40. The molecular formula is C11H30O11P2. The number of aliphatic hydroxyl groups excluding tert-OH is 4. The average Bonchev–Trinajstić information content (AvgIpc) is 2.51. The molecule has 150 valence electrons. The van der Waals surface area contributed by atoms with Crippen molar-refractivity contribution in [3.63, 3.8) is 0 Å². The summed E-state index contributed by atoms with van der Waals surface area (Å²) < 4.78 is 13.3. The molecule has 0 saturated heterocycles. The zero-order chi connectivity index (χ0) is 19.4. The maximum absolute atomic E-state index is 8.43. The second-order valence-electron chi connectivity index (χ2n) is 4.74. The van der Waals surface area contributed by atoms with Crippen molar-refractivity contribution in [1.29, 1.82) is 0 Å². The Morgan fingerprint density at radius 3 is 1.12 bits per heavy atom. The van der Waals surface area contributed by atoms with Gasteiger partial charge in [-0.3, -0.25) is 0 Å². The van der Waals surface area contributed by atoms with Gasteiger partial charge in [0.2, 0.25) is 0 Å². The van der Waals surface area contributed by atoms with E-state index < -0.39 is 17.2 Å². The molecule has 0 fully saturated rings. The van der Waals surface area contributed by atoms with Crippen LogP contribution in [-0.4, -0.2) is 92.9 Å². The third kappa shape index (κ3) is 33.9. The third-order valence-corrected chi connectivity index (χ3v) is 3.01. The molecule has 0 rings (SSSR count). The number of ether oxygens (including phenoxy) is 2. The van der Waals surface area contributed by atoms with Gasteiger partial charge in [0.15, 0.2) is 0 Å². The molecule has 0 spiro atoms. The SMILES string of the molecule is CC(C)(CO)CO.OCCOCCOCCO.OP(O)OP(O)O. The Balaban J connectivity index is -0.000000283. The molecule has 13 heteroatoms. The lowest BCUT2D eigenvalue weighted by atomic mass is 9.97. The molecule has 0 atom stereocenters. The Morgan fingerprint density at radius 1 is 0.667 bits per heavy atom. The highest BCUT2D eigenvalue weighted by molar-refractivity contribution is 7.53. The Kier molecular flexibility index (Phi) is 26.1. The minimum absolute atomic E-state index is 0.0417. The van der Waals surface area contributed by atoms with Crippen molar-refractivity contribution >= 4 is 17.2 Å². The van der Waals surface area contributed by atoms with E-state index in [-0.39, 0.29) is 31.8 Å². The van der Waals surface area contributed by atoms with E-state index in [0.29, 0.717) is 26.4 Å². The van der Waals surface area contributed by atoms with Gasteiger partial charge in [-0.1, -0.05) is 13.8 Å². The van der Waals surface area contributed by atoms with Crippen LogP contribution in [-0.2, 0) is 13.8 Å². The standard InChI is InChI=1S/C6H14O4.C5H12O2.H4O5P2/c7-1-3-9-5-6-10-4-2-8;1-5(2,3-6)4-7;1-6(2)5-7(3)4/h7-8H,1-6H2;6-7H,3-4H2,1-2H3;1-4H. The molecule has 0 unspecified atom stereocenters. The summed E-state index contributed by atoms with van der Waals surface area (Å²) in [6, 6.07) is 0. The second kappa shape index (κ2) is 21.5. The van der Waals surface area contributed by atoms with Gasteiger partial charge in [-0.25, -0.2) is 4.31 Å². The Bertz CT molecular complexity index is 212. The minimum atomic E-state index is -2.61. The first-order chi connectivity index (χ1) is 11.2. The lowest BCUT2D eigenvalue weighted by Gasteiger charge is -2.16. The van der Waals surface area contributed by atoms with Gasteiger partial charge in [-0.15, -0.1) is 0 Å². The molecule has 0 aromatic rings. The lowest BCUT2D eigenvalue weighted by molar-refractivity contribution is 0.0222. The van der Waals surface area contributed by atoms with Gasteiger partial charge in [0.25, 0.3) is 0 Å². The third-order valence-electron chi connectivity index (χ3n) is 1.85. The molecule has 0 heterocycles. The van der Waals surface area contributed by atoms with Crippen LogP contribution in [0.1, 0.15) is 13.8 Å². The van der Waals surface area contributed by atoms with E-state index in [1.54, 1.807) is 13.8 Å². The zero-order valence-electron chi connectivity index (χ0n) is 13.9. The van der Waals surface area contributed by atoms with E-state index in [1.807, 2.05) is 0 Å². The van der Waals surface area contributed by atoms with Crippen molar-refractivity contribution in [1.82, 2.24) is 0 Å². The summed E-state index contributed by atoms with van der Waals surface area (Å²) in [5, 5.41) is 33.4. The molecule has 0 amide bonds. The fourth-order valence-electron chi connectivity index (χ4n) is 0.566. The van der Waals surface area contributed by atoms with Crippen LogP contribution in [0.4, 0.5) is 0 Å². The molecule has 0 aromatic heterocycles. The van der Waals surface area contributed by atoms with Crippen LogP contribution in [0.15, 0.2) is 0 Å². The van der Waals surface area contributed by atoms with Gasteiger partial charge in [-0.05, 0) is 0 Å². The predicted molar refractivity (Wildman–Crippen MR) is 87.6 cm³/mol. The van der Waals surface area contributed by atoms with E-state index in [0.717, 1.165) is 0 Å². The van der Waals surface area contributed by atoms with Gasteiger partial charge in [0.05, 0.1) is 52.9 Å². The first kappa shape index (κ1) is 29.2. The molecular weight excluding hydrogens is 370 g/mol. The molecule has 0 saturated carbocycles. The average molecular weight is 400 g/mol. The molecule has 0 aliphatic heterocycles. The highest BCUT2D eigenvalue weighted by Crippen LogP contribution is 2.41. The van der Waals surface area contributed by atoms with Crippen molar-refractivity contribution < 1.29 is 53.8 Å². The van der Waals surface area contributed by atoms with E-state index in [2.05, 4.69) is 4.31 Å². The fourth-order valence-corrected chi connectivity index (χ4v) is 1.09. The number of hydrogen-bond donors (Lipinski definition) is 8. The zero-order valence-corrected chi connectivity index (χ0v) is 15.6. The molecule has 0 aliphatic rings. The first-order valence-corrected chi connectivity index (χ1v) is 9.12. The molecule has 8 N–H and O–H groups in total. The number of rotatable bonds is 11. The Hall–Kier alpha value is 0.420. The smallest absolute Gasteiger partial charge is 0.334 e. The summed E-state index contributed by atoms with van der Waals surface area (Å²) in [4.78, 5) is 31.3. The van der Waals surface area contributed by atoms with Crippen molar-refractivity contribution in [2.75, 3.05) is 52.9 Å². The highest BCUT2D eigenvalue weighted by Gasteiger charge is 2.13. The minimum Gasteiger partial charge on any atom is -0.396 e. The van der Waals surface area contributed by atoms with Crippen LogP contribution in [0.25, 0.3) is 0 Å². The monoisotopic (exact) mass is 400 g/mol. The van der Waals surface area contributed by atoms with Crippen LogP contribution in [0.2, 0.25) is 0 Å². The fraction of sp³-hybridized carbons (Fsp3) is 1.00. The van der Waals surface area contributed by atoms with Gasteiger partial charge in [0, 0.05) is 5.41 Å². The summed E-state index contributed by atoms with van der Waals surface area (Å²) in [5.74, 6) is 0. The molecule has 0 aromatic carbocycles. The largest absolute Gasteiger partial charge is 0.396 e.